The molecule has 34 heavy (non-hydrogen) atoms. The van der Waals surface area contributed by atoms with Crippen molar-refractivity contribution >= 4 is 19.1 Å². The van der Waals surface area contributed by atoms with Gasteiger partial charge in [0.1, 0.15) is 0 Å². The topological polar surface area (TPSA) is 84.2 Å². The van der Waals surface area contributed by atoms with Crippen molar-refractivity contribution in [3.63, 3.8) is 0 Å². The van der Waals surface area contributed by atoms with Crippen LogP contribution >= 0.6 is 0 Å². The highest BCUT2D eigenvalue weighted by molar-refractivity contribution is 6.48. The Balaban J connectivity index is 3.44. The third-order valence-corrected chi connectivity index (χ3v) is 6.54. The van der Waals surface area contributed by atoms with Crippen LogP contribution in [-0.2, 0) is 9.59 Å². The molecule has 0 aromatic rings. The minimum absolute atomic E-state index is 0.0473. The number of carbonyl (C=O) groups excluding carboxylic acids is 2. The average Bonchev–Trinajstić information content (AvgIpc) is 2.84. The van der Waals surface area contributed by atoms with E-state index in [0.717, 1.165) is 19.3 Å². The van der Waals surface area contributed by atoms with Crippen molar-refractivity contribution < 1.29 is 9.59 Å². The van der Waals surface area contributed by atoms with Crippen molar-refractivity contribution in [2.45, 2.75) is 155 Å². The Labute approximate surface area is 212 Å². The molecule has 0 bridgehead atoms. The molecule has 0 rings (SSSR count). The van der Waals surface area contributed by atoms with Crippen LogP contribution in [0.2, 0.25) is 6.32 Å². The van der Waals surface area contributed by atoms with Gasteiger partial charge in [-0.2, -0.15) is 0 Å². The zero-order chi connectivity index (χ0) is 25.1. The van der Waals surface area contributed by atoms with Gasteiger partial charge in [0.25, 0.3) is 0 Å². The second kappa shape index (κ2) is 26.6. The number of hydrogen-bond donors (Lipinski definition) is 3. The van der Waals surface area contributed by atoms with E-state index in [0.29, 0.717) is 13.1 Å². The Morgan fingerprint density at radius 2 is 0.941 bits per heavy atom. The largest absolute Gasteiger partial charge is 0.357 e. The molecule has 0 aliphatic rings. The minimum atomic E-state index is -0.716. The molecule has 0 heterocycles. The van der Waals surface area contributed by atoms with E-state index in [1.807, 2.05) is 0 Å². The Hall–Kier alpha value is -1.04. The van der Waals surface area contributed by atoms with Gasteiger partial charge in [-0.1, -0.05) is 129 Å². The van der Waals surface area contributed by atoms with E-state index in [4.69, 9.17) is 5.73 Å². The van der Waals surface area contributed by atoms with Gasteiger partial charge in [0.15, 0.2) is 7.28 Å². The maximum atomic E-state index is 12.1. The second-order valence-corrected chi connectivity index (χ2v) is 9.97. The second-order valence-electron chi connectivity index (χ2n) is 9.97. The van der Waals surface area contributed by atoms with Gasteiger partial charge in [-0.3, -0.25) is 9.59 Å². The summed E-state index contributed by atoms with van der Waals surface area (Å²) in [7, 11) is 1.61. The first-order valence-corrected chi connectivity index (χ1v) is 14.7. The number of amides is 2. The fraction of sp³-hybridized carbons (Fsp3) is 0.929. The van der Waals surface area contributed by atoms with Gasteiger partial charge >= 0.3 is 0 Å². The normalized spacial score (nSPS) is 11.9. The van der Waals surface area contributed by atoms with Gasteiger partial charge in [-0.05, 0) is 12.8 Å². The van der Waals surface area contributed by atoms with E-state index in [-0.39, 0.29) is 18.1 Å². The molecule has 1 atom stereocenters. The highest BCUT2D eigenvalue weighted by Crippen LogP contribution is 2.11. The zero-order valence-corrected chi connectivity index (χ0v) is 22.8. The van der Waals surface area contributed by atoms with E-state index >= 15 is 0 Å². The Morgan fingerprint density at radius 3 is 1.35 bits per heavy atom. The molecule has 0 unspecified atom stereocenters. The summed E-state index contributed by atoms with van der Waals surface area (Å²) in [6.45, 7) is 5.88. The monoisotopic (exact) mass is 478 g/mol. The maximum absolute atomic E-state index is 12.1. The third kappa shape index (κ3) is 24.1. The molecule has 199 valence electrons. The summed E-state index contributed by atoms with van der Waals surface area (Å²) in [5, 5.41) is 5.83. The van der Waals surface area contributed by atoms with E-state index in [1.54, 1.807) is 7.28 Å². The molecule has 0 saturated heterocycles. The third-order valence-electron chi connectivity index (χ3n) is 6.54. The molecule has 0 aliphatic heterocycles. The number of hydrogen-bond acceptors (Lipinski definition) is 3. The molecule has 5 nitrogen and oxygen atoms in total. The molecule has 4 N–H and O–H groups in total. The first-order chi connectivity index (χ1) is 16.6. The van der Waals surface area contributed by atoms with Gasteiger partial charge in [0, 0.05) is 19.4 Å². The van der Waals surface area contributed by atoms with Gasteiger partial charge in [0.2, 0.25) is 11.8 Å². The maximum Gasteiger partial charge on any atom is 0.228 e. The molecule has 0 fully saturated rings. The zero-order valence-electron chi connectivity index (χ0n) is 22.8. The molecule has 0 aliphatic carbocycles. The van der Waals surface area contributed by atoms with Crippen LogP contribution in [0.1, 0.15) is 142 Å². The number of rotatable bonds is 26. The van der Waals surface area contributed by atoms with Crippen molar-refractivity contribution in [2.75, 3.05) is 13.1 Å². The van der Waals surface area contributed by atoms with E-state index in [2.05, 4.69) is 24.5 Å². The number of nitrogens with two attached hydrogens (primary N) is 1. The number of carbonyl (C=O) groups is 2. The molecular weight excluding hydrogens is 421 g/mol. The fourth-order valence-corrected chi connectivity index (χ4v) is 4.20. The number of unbranched alkanes of at least 4 members (excludes halogenated alkanes) is 18. The SMILES string of the molecule is CCCCCCCCCCCCNC(=O)C[B][C@H](N)C(=O)NCCCCCCCCCCCC. The summed E-state index contributed by atoms with van der Waals surface area (Å²) < 4.78 is 0. The summed E-state index contributed by atoms with van der Waals surface area (Å²) in [6, 6.07) is 0. The standard InChI is InChI=1S/C28H57BN3O2/c1-3-5-7-9-11-13-15-17-19-21-23-31-26(33)25-29-27(30)28(34)32-24-22-20-18-16-14-12-10-8-6-4-2/h27H,3-25,30H2,1-2H3,(H,31,33)(H,32,34)/t27-/m1/s1. The molecule has 0 spiro atoms. The van der Waals surface area contributed by atoms with Crippen molar-refractivity contribution in [1.29, 1.82) is 0 Å². The summed E-state index contributed by atoms with van der Waals surface area (Å²) in [4.78, 5) is 24.0. The lowest BCUT2D eigenvalue weighted by molar-refractivity contribution is -0.120. The fourth-order valence-electron chi connectivity index (χ4n) is 4.20. The Bertz CT molecular complexity index is 463. The molecular formula is C28H57BN3O2. The molecule has 0 saturated carbocycles. The van der Waals surface area contributed by atoms with Crippen LogP contribution in [0.4, 0.5) is 0 Å². The van der Waals surface area contributed by atoms with Crippen molar-refractivity contribution in [3.05, 3.63) is 0 Å². The lowest BCUT2D eigenvalue weighted by atomic mass is 9.66. The lowest BCUT2D eigenvalue weighted by Crippen LogP contribution is -2.46. The van der Waals surface area contributed by atoms with E-state index < -0.39 is 5.94 Å². The van der Waals surface area contributed by atoms with Crippen LogP contribution in [0, 0.1) is 0 Å². The van der Waals surface area contributed by atoms with Crippen LogP contribution < -0.4 is 16.4 Å². The van der Waals surface area contributed by atoms with Gasteiger partial charge in [-0.15, -0.1) is 0 Å². The molecule has 0 aromatic heterocycles. The van der Waals surface area contributed by atoms with Crippen LogP contribution in [0.15, 0.2) is 0 Å². The minimum Gasteiger partial charge on any atom is -0.357 e. The van der Waals surface area contributed by atoms with Crippen LogP contribution in [0.25, 0.3) is 0 Å². The van der Waals surface area contributed by atoms with E-state index in [9.17, 15) is 9.59 Å². The molecule has 2 amide bonds. The van der Waals surface area contributed by atoms with E-state index in [1.165, 1.54) is 109 Å². The van der Waals surface area contributed by atoms with Crippen molar-refractivity contribution in [2.24, 2.45) is 5.73 Å². The van der Waals surface area contributed by atoms with Crippen LogP contribution in [0.3, 0.4) is 0 Å². The Kier molecular flexibility index (Phi) is 25.8. The van der Waals surface area contributed by atoms with Gasteiger partial charge in [0.05, 0.1) is 5.94 Å². The molecule has 0 aromatic carbocycles. The molecule has 1 radical (unpaired) electrons. The highest BCUT2D eigenvalue weighted by atomic mass is 16.2. The number of nitrogens with one attached hydrogen (secondary N) is 2. The van der Waals surface area contributed by atoms with Crippen LogP contribution in [0.5, 0.6) is 0 Å². The highest BCUT2D eigenvalue weighted by Gasteiger charge is 2.15. The first kappa shape index (κ1) is 33.0. The summed E-state index contributed by atoms with van der Waals surface area (Å²) in [6.07, 6.45) is 25.8. The van der Waals surface area contributed by atoms with Gasteiger partial charge in [-0.25, -0.2) is 0 Å². The first-order valence-electron chi connectivity index (χ1n) is 14.7. The quantitative estimate of drug-likeness (QED) is 0.0984. The Morgan fingerprint density at radius 1 is 0.588 bits per heavy atom. The summed E-state index contributed by atoms with van der Waals surface area (Å²) in [5.74, 6) is -0.946. The van der Waals surface area contributed by atoms with Crippen molar-refractivity contribution in [3.8, 4) is 0 Å². The molecule has 6 heteroatoms. The van der Waals surface area contributed by atoms with Crippen LogP contribution in [-0.4, -0.2) is 38.1 Å². The summed E-state index contributed by atoms with van der Waals surface area (Å²) >= 11 is 0. The lowest BCUT2D eigenvalue weighted by Gasteiger charge is -2.11. The average molecular weight is 479 g/mol. The predicted octanol–water partition coefficient (Wildman–Crippen LogP) is 6.47. The van der Waals surface area contributed by atoms with Gasteiger partial charge < -0.3 is 16.4 Å². The smallest absolute Gasteiger partial charge is 0.228 e. The summed E-state index contributed by atoms with van der Waals surface area (Å²) in [5.41, 5.74) is 5.91. The predicted molar refractivity (Wildman–Crippen MR) is 148 cm³/mol. The van der Waals surface area contributed by atoms with Crippen molar-refractivity contribution in [1.82, 2.24) is 10.6 Å².